The third-order valence-corrected chi connectivity index (χ3v) is 2.78. The van der Waals surface area contributed by atoms with Crippen LogP contribution in [-0.2, 0) is 0 Å². The van der Waals surface area contributed by atoms with E-state index in [0.717, 1.165) is 22.4 Å². The molecule has 0 amide bonds. The Balaban J connectivity index is 2.27. The zero-order chi connectivity index (χ0) is 13.0. The first-order chi connectivity index (χ1) is 8.70. The maximum atomic E-state index is 6.25. The lowest BCUT2D eigenvalue weighted by atomic mass is 10.00. The maximum Gasteiger partial charge on any atom is 0.119 e. The second-order valence-electron chi connectivity index (χ2n) is 4.28. The highest BCUT2D eigenvalue weighted by Crippen LogP contribution is 2.23. The molecule has 0 fully saturated rings. The monoisotopic (exact) mass is 242 g/mol. The van der Waals surface area contributed by atoms with Crippen LogP contribution in [-0.4, -0.2) is 11.6 Å². The number of aryl methyl sites for hydroxylation is 1. The van der Waals surface area contributed by atoms with Crippen molar-refractivity contribution in [1.82, 2.24) is 4.98 Å². The quantitative estimate of drug-likeness (QED) is 0.896. The van der Waals surface area contributed by atoms with Gasteiger partial charge in [-0.2, -0.15) is 0 Å². The van der Waals surface area contributed by atoms with Gasteiger partial charge in [0.05, 0.1) is 12.6 Å². The van der Waals surface area contributed by atoms with Gasteiger partial charge in [0.2, 0.25) is 0 Å². The fourth-order valence-corrected chi connectivity index (χ4v) is 1.91. The van der Waals surface area contributed by atoms with Gasteiger partial charge in [-0.3, -0.25) is 4.98 Å². The van der Waals surface area contributed by atoms with Crippen LogP contribution in [0.15, 0.2) is 42.7 Å². The highest BCUT2D eigenvalue weighted by molar-refractivity contribution is 5.36. The molecule has 18 heavy (non-hydrogen) atoms. The first-order valence-corrected chi connectivity index (χ1v) is 6.10. The predicted molar refractivity (Wildman–Crippen MR) is 72.6 cm³/mol. The summed E-state index contributed by atoms with van der Waals surface area (Å²) in [6.07, 6.45) is 3.64. The largest absolute Gasteiger partial charge is 0.494 e. The lowest BCUT2D eigenvalue weighted by molar-refractivity contribution is 0.340. The fraction of sp³-hybridized carbons (Fsp3) is 0.267. The number of rotatable bonds is 4. The molecule has 0 saturated carbocycles. The van der Waals surface area contributed by atoms with Crippen LogP contribution in [0.3, 0.4) is 0 Å². The van der Waals surface area contributed by atoms with Crippen molar-refractivity contribution in [3.63, 3.8) is 0 Å². The predicted octanol–water partition coefficient (Wildman–Crippen LogP) is 2.84. The van der Waals surface area contributed by atoms with E-state index in [0.29, 0.717) is 6.61 Å². The Morgan fingerprint density at radius 3 is 2.78 bits per heavy atom. The molecule has 1 atom stereocenters. The first kappa shape index (κ1) is 12.6. The van der Waals surface area contributed by atoms with Crippen LogP contribution >= 0.6 is 0 Å². The van der Waals surface area contributed by atoms with Crippen molar-refractivity contribution in [1.29, 1.82) is 0 Å². The van der Waals surface area contributed by atoms with Crippen LogP contribution in [0.4, 0.5) is 0 Å². The van der Waals surface area contributed by atoms with Crippen molar-refractivity contribution in [2.24, 2.45) is 5.73 Å². The van der Waals surface area contributed by atoms with Gasteiger partial charge in [-0.15, -0.1) is 0 Å². The SMILES string of the molecule is CCOc1cccc(C(N)c2cncc(C)c2)c1. The number of pyridine rings is 1. The summed E-state index contributed by atoms with van der Waals surface area (Å²) in [6, 6.07) is 9.78. The minimum absolute atomic E-state index is 0.169. The van der Waals surface area contributed by atoms with Crippen LogP contribution in [0.1, 0.15) is 29.7 Å². The van der Waals surface area contributed by atoms with E-state index in [4.69, 9.17) is 10.5 Å². The topological polar surface area (TPSA) is 48.1 Å². The van der Waals surface area contributed by atoms with Gasteiger partial charge in [0.1, 0.15) is 5.75 Å². The first-order valence-electron chi connectivity index (χ1n) is 6.10. The Morgan fingerprint density at radius 2 is 2.06 bits per heavy atom. The molecule has 2 N–H and O–H groups in total. The van der Waals surface area contributed by atoms with E-state index in [1.807, 2.05) is 50.5 Å². The number of nitrogens with zero attached hydrogens (tertiary/aromatic N) is 1. The van der Waals surface area contributed by atoms with E-state index in [1.54, 1.807) is 0 Å². The van der Waals surface area contributed by atoms with Gasteiger partial charge in [-0.05, 0) is 42.7 Å². The van der Waals surface area contributed by atoms with Crippen molar-refractivity contribution in [2.45, 2.75) is 19.9 Å². The molecule has 0 saturated heterocycles. The molecule has 2 aromatic rings. The molecular formula is C15H18N2O. The van der Waals surface area contributed by atoms with Gasteiger partial charge in [0, 0.05) is 12.4 Å². The molecule has 3 nitrogen and oxygen atoms in total. The Morgan fingerprint density at radius 1 is 1.22 bits per heavy atom. The van der Waals surface area contributed by atoms with Crippen molar-refractivity contribution in [3.05, 3.63) is 59.4 Å². The molecule has 0 aliphatic carbocycles. The van der Waals surface area contributed by atoms with Gasteiger partial charge in [-0.25, -0.2) is 0 Å². The standard InChI is InChI=1S/C15H18N2O/c1-3-18-14-6-4-5-12(8-14)15(16)13-7-11(2)9-17-10-13/h4-10,15H,3,16H2,1-2H3. The minimum Gasteiger partial charge on any atom is -0.494 e. The summed E-state index contributed by atoms with van der Waals surface area (Å²) in [5, 5.41) is 0. The Hall–Kier alpha value is -1.87. The third kappa shape index (κ3) is 2.87. The van der Waals surface area contributed by atoms with E-state index in [1.165, 1.54) is 0 Å². The molecule has 1 aromatic carbocycles. The molecule has 1 aromatic heterocycles. The molecule has 0 bridgehead atoms. The Bertz CT molecular complexity index is 525. The number of hydrogen-bond acceptors (Lipinski definition) is 3. The Labute approximate surface area is 108 Å². The Kier molecular flexibility index (Phi) is 3.95. The average molecular weight is 242 g/mol. The molecule has 0 aliphatic heterocycles. The summed E-state index contributed by atoms with van der Waals surface area (Å²) >= 11 is 0. The zero-order valence-electron chi connectivity index (χ0n) is 10.8. The van der Waals surface area contributed by atoms with Gasteiger partial charge >= 0.3 is 0 Å². The van der Waals surface area contributed by atoms with Gasteiger partial charge in [0.15, 0.2) is 0 Å². The third-order valence-electron chi connectivity index (χ3n) is 2.78. The zero-order valence-corrected chi connectivity index (χ0v) is 10.8. The summed E-state index contributed by atoms with van der Waals surface area (Å²) in [6.45, 7) is 4.64. The molecule has 1 unspecified atom stereocenters. The molecular weight excluding hydrogens is 224 g/mol. The summed E-state index contributed by atoms with van der Waals surface area (Å²) < 4.78 is 5.49. The van der Waals surface area contributed by atoms with Crippen LogP contribution in [0.2, 0.25) is 0 Å². The highest BCUT2D eigenvalue weighted by atomic mass is 16.5. The summed E-state index contributed by atoms with van der Waals surface area (Å²) in [7, 11) is 0. The second-order valence-corrected chi connectivity index (χ2v) is 4.28. The summed E-state index contributed by atoms with van der Waals surface area (Å²) in [5.74, 6) is 0.853. The molecule has 2 rings (SSSR count). The molecule has 3 heteroatoms. The van der Waals surface area contributed by atoms with E-state index < -0.39 is 0 Å². The van der Waals surface area contributed by atoms with Gasteiger partial charge in [-0.1, -0.05) is 18.2 Å². The van der Waals surface area contributed by atoms with Crippen molar-refractivity contribution in [3.8, 4) is 5.75 Å². The van der Waals surface area contributed by atoms with Crippen LogP contribution in [0.25, 0.3) is 0 Å². The minimum atomic E-state index is -0.169. The summed E-state index contributed by atoms with van der Waals surface area (Å²) in [4.78, 5) is 4.18. The second kappa shape index (κ2) is 5.65. The van der Waals surface area contributed by atoms with Gasteiger partial charge < -0.3 is 10.5 Å². The molecule has 0 aliphatic rings. The molecule has 0 radical (unpaired) electrons. The maximum absolute atomic E-state index is 6.25. The number of benzene rings is 1. The summed E-state index contributed by atoms with van der Waals surface area (Å²) in [5.41, 5.74) is 9.42. The van der Waals surface area contributed by atoms with Crippen molar-refractivity contribution in [2.75, 3.05) is 6.61 Å². The number of nitrogens with two attached hydrogens (primary N) is 1. The van der Waals surface area contributed by atoms with Crippen LogP contribution < -0.4 is 10.5 Å². The van der Waals surface area contributed by atoms with Crippen LogP contribution in [0.5, 0.6) is 5.75 Å². The van der Waals surface area contributed by atoms with Gasteiger partial charge in [0.25, 0.3) is 0 Å². The normalized spacial score (nSPS) is 12.2. The van der Waals surface area contributed by atoms with E-state index >= 15 is 0 Å². The van der Waals surface area contributed by atoms with E-state index in [-0.39, 0.29) is 6.04 Å². The molecule has 1 heterocycles. The lowest BCUT2D eigenvalue weighted by Gasteiger charge is -2.14. The van der Waals surface area contributed by atoms with E-state index in [2.05, 4.69) is 11.1 Å². The lowest BCUT2D eigenvalue weighted by Crippen LogP contribution is -2.12. The number of aromatic nitrogens is 1. The molecule has 94 valence electrons. The van der Waals surface area contributed by atoms with E-state index in [9.17, 15) is 0 Å². The average Bonchev–Trinajstić information content (AvgIpc) is 2.39. The number of ether oxygens (including phenoxy) is 1. The fourth-order valence-electron chi connectivity index (χ4n) is 1.91. The smallest absolute Gasteiger partial charge is 0.119 e. The van der Waals surface area contributed by atoms with Crippen molar-refractivity contribution < 1.29 is 4.74 Å². The number of hydrogen-bond donors (Lipinski definition) is 1. The molecule has 0 spiro atoms. The van der Waals surface area contributed by atoms with Crippen LogP contribution in [0, 0.1) is 6.92 Å². The highest BCUT2D eigenvalue weighted by Gasteiger charge is 2.10. The van der Waals surface area contributed by atoms with Crippen molar-refractivity contribution >= 4 is 0 Å².